The fraction of sp³-hybridized carbons (Fsp3) is 0.438. The number of pyridine rings is 1. The van der Waals surface area contributed by atoms with Crippen LogP contribution in [0.4, 0.5) is 0 Å². The molecule has 20 heavy (non-hydrogen) atoms. The molecule has 1 atom stereocenters. The topological polar surface area (TPSA) is 41.3 Å². The van der Waals surface area contributed by atoms with Gasteiger partial charge in [-0.3, -0.25) is 9.88 Å². The zero-order chi connectivity index (χ0) is 14.4. The van der Waals surface area contributed by atoms with Crippen LogP contribution < -0.4 is 5.32 Å². The fourth-order valence-corrected chi connectivity index (χ4v) is 2.15. The first-order valence-electron chi connectivity index (χ1n) is 7.03. The largest absolute Gasteiger partial charge is 0.468 e. The molecule has 0 bridgehead atoms. The number of rotatable bonds is 7. The van der Waals surface area contributed by atoms with Crippen molar-refractivity contribution in [2.75, 3.05) is 20.1 Å². The SMILES string of the molecule is Cc1cccc(CN(C)CCNC(C)c2ccco2)n1. The van der Waals surface area contributed by atoms with Crippen molar-refractivity contribution < 1.29 is 4.42 Å². The zero-order valence-electron chi connectivity index (χ0n) is 12.5. The van der Waals surface area contributed by atoms with Crippen molar-refractivity contribution in [3.8, 4) is 0 Å². The van der Waals surface area contributed by atoms with Crippen LogP contribution in [0.2, 0.25) is 0 Å². The van der Waals surface area contributed by atoms with E-state index in [1.165, 1.54) is 0 Å². The van der Waals surface area contributed by atoms with E-state index in [9.17, 15) is 0 Å². The summed E-state index contributed by atoms with van der Waals surface area (Å²) in [5.41, 5.74) is 2.19. The Morgan fingerprint density at radius 3 is 2.85 bits per heavy atom. The molecule has 2 aromatic rings. The van der Waals surface area contributed by atoms with E-state index >= 15 is 0 Å². The molecule has 0 saturated carbocycles. The van der Waals surface area contributed by atoms with Crippen molar-refractivity contribution in [1.82, 2.24) is 15.2 Å². The minimum Gasteiger partial charge on any atom is -0.468 e. The van der Waals surface area contributed by atoms with E-state index in [1.54, 1.807) is 6.26 Å². The molecular weight excluding hydrogens is 250 g/mol. The number of nitrogens with one attached hydrogen (secondary N) is 1. The van der Waals surface area contributed by atoms with Crippen LogP contribution in [0.25, 0.3) is 0 Å². The normalized spacial score (nSPS) is 12.8. The molecule has 1 N–H and O–H groups in total. The number of likely N-dealkylation sites (N-methyl/N-ethyl adjacent to an activating group) is 1. The van der Waals surface area contributed by atoms with Gasteiger partial charge in [0.05, 0.1) is 18.0 Å². The van der Waals surface area contributed by atoms with Gasteiger partial charge < -0.3 is 9.73 Å². The van der Waals surface area contributed by atoms with Gasteiger partial charge in [0.1, 0.15) is 5.76 Å². The summed E-state index contributed by atoms with van der Waals surface area (Å²) in [6.45, 7) is 6.90. The van der Waals surface area contributed by atoms with Crippen molar-refractivity contribution in [2.24, 2.45) is 0 Å². The van der Waals surface area contributed by atoms with Crippen LogP contribution in [-0.2, 0) is 6.54 Å². The Kier molecular flexibility index (Phi) is 5.32. The van der Waals surface area contributed by atoms with Gasteiger partial charge in [0, 0.05) is 25.3 Å². The molecular formula is C16H23N3O. The van der Waals surface area contributed by atoms with Gasteiger partial charge in [-0.25, -0.2) is 0 Å². The quantitative estimate of drug-likeness (QED) is 0.842. The third-order valence-corrected chi connectivity index (χ3v) is 3.29. The maximum Gasteiger partial charge on any atom is 0.120 e. The molecule has 4 nitrogen and oxygen atoms in total. The number of hydrogen-bond acceptors (Lipinski definition) is 4. The third-order valence-electron chi connectivity index (χ3n) is 3.29. The second kappa shape index (κ2) is 7.22. The van der Waals surface area contributed by atoms with Gasteiger partial charge >= 0.3 is 0 Å². The molecule has 108 valence electrons. The second-order valence-corrected chi connectivity index (χ2v) is 5.20. The highest BCUT2D eigenvalue weighted by Gasteiger charge is 2.07. The lowest BCUT2D eigenvalue weighted by atomic mass is 10.2. The van der Waals surface area contributed by atoms with Gasteiger partial charge in [-0.05, 0) is 45.2 Å². The molecule has 0 saturated heterocycles. The van der Waals surface area contributed by atoms with Crippen LogP contribution >= 0.6 is 0 Å². The zero-order valence-corrected chi connectivity index (χ0v) is 12.5. The Morgan fingerprint density at radius 1 is 1.30 bits per heavy atom. The molecule has 2 aromatic heterocycles. The van der Waals surface area contributed by atoms with Gasteiger partial charge in [-0.1, -0.05) is 6.07 Å². The van der Waals surface area contributed by atoms with E-state index < -0.39 is 0 Å². The summed E-state index contributed by atoms with van der Waals surface area (Å²) in [4.78, 5) is 6.79. The minimum absolute atomic E-state index is 0.246. The monoisotopic (exact) mass is 273 g/mol. The molecule has 0 aliphatic heterocycles. The molecule has 0 aliphatic carbocycles. The molecule has 0 spiro atoms. The van der Waals surface area contributed by atoms with E-state index in [4.69, 9.17) is 4.42 Å². The number of nitrogens with zero attached hydrogens (tertiary/aromatic N) is 2. The van der Waals surface area contributed by atoms with Crippen LogP contribution in [0.1, 0.15) is 30.1 Å². The number of aryl methyl sites for hydroxylation is 1. The average Bonchev–Trinajstić information content (AvgIpc) is 2.92. The number of hydrogen-bond donors (Lipinski definition) is 1. The molecule has 0 aliphatic rings. The van der Waals surface area contributed by atoms with Crippen LogP contribution in [-0.4, -0.2) is 30.0 Å². The highest BCUT2D eigenvalue weighted by Crippen LogP contribution is 2.11. The lowest BCUT2D eigenvalue weighted by Crippen LogP contribution is -2.30. The smallest absolute Gasteiger partial charge is 0.120 e. The predicted octanol–water partition coefficient (Wildman–Crippen LogP) is 2.77. The van der Waals surface area contributed by atoms with Crippen molar-refractivity contribution in [2.45, 2.75) is 26.4 Å². The van der Waals surface area contributed by atoms with Crippen LogP contribution in [0, 0.1) is 6.92 Å². The van der Waals surface area contributed by atoms with E-state index in [1.807, 2.05) is 25.1 Å². The van der Waals surface area contributed by atoms with E-state index in [2.05, 4.69) is 41.3 Å². The van der Waals surface area contributed by atoms with Crippen LogP contribution in [0.5, 0.6) is 0 Å². The second-order valence-electron chi connectivity index (χ2n) is 5.20. The van der Waals surface area contributed by atoms with Crippen molar-refractivity contribution in [3.63, 3.8) is 0 Å². The molecule has 0 amide bonds. The third kappa shape index (κ3) is 4.47. The maximum atomic E-state index is 5.38. The summed E-state index contributed by atoms with van der Waals surface area (Å²) >= 11 is 0. The molecule has 2 heterocycles. The first-order valence-corrected chi connectivity index (χ1v) is 7.03. The Bertz CT molecular complexity index is 510. The average molecular weight is 273 g/mol. The van der Waals surface area contributed by atoms with E-state index in [-0.39, 0.29) is 6.04 Å². The summed E-state index contributed by atoms with van der Waals surface area (Å²) < 4.78 is 5.38. The lowest BCUT2D eigenvalue weighted by molar-refractivity contribution is 0.310. The van der Waals surface area contributed by atoms with Crippen molar-refractivity contribution in [1.29, 1.82) is 0 Å². The minimum atomic E-state index is 0.246. The Labute approximate surface area is 120 Å². The number of aromatic nitrogens is 1. The highest BCUT2D eigenvalue weighted by atomic mass is 16.3. The Balaban J connectivity index is 1.71. The first kappa shape index (κ1) is 14.8. The molecule has 4 heteroatoms. The Morgan fingerprint density at radius 2 is 2.15 bits per heavy atom. The summed E-state index contributed by atoms with van der Waals surface area (Å²) in [5.74, 6) is 0.980. The number of furan rings is 1. The first-order chi connectivity index (χ1) is 9.65. The van der Waals surface area contributed by atoms with Gasteiger partial charge in [0.25, 0.3) is 0 Å². The standard InChI is InChI=1S/C16H23N3O/c1-13-6-4-7-15(18-13)12-19(3)10-9-17-14(2)16-8-5-11-20-16/h4-8,11,14,17H,9-10,12H2,1-3H3. The van der Waals surface area contributed by atoms with E-state index in [0.717, 1.165) is 36.8 Å². The summed E-state index contributed by atoms with van der Waals surface area (Å²) in [5, 5.41) is 3.46. The van der Waals surface area contributed by atoms with Gasteiger partial charge in [0.2, 0.25) is 0 Å². The van der Waals surface area contributed by atoms with Crippen LogP contribution in [0.15, 0.2) is 41.0 Å². The lowest BCUT2D eigenvalue weighted by Gasteiger charge is -2.18. The van der Waals surface area contributed by atoms with Gasteiger partial charge in [-0.15, -0.1) is 0 Å². The summed E-state index contributed by atoms with van der Waals surface area (Å²) in [7, 11) is 2.11. The molecule has 2 rings (SSSR count). The fourth-order valence-electron chi connectivity index (χ4n) is 2.15. The molecule has 0 radical (unpaired) electrons. The maximum absolute atomic E-state index is 5.38. The van der Waals surface area contributed by atoms with Crippen LogP contribution in [0.3, 0.4) is 0 Å². The van der Waals surface area contributed by atoms with Crippen molar-refractivity contribution in [3.05, 3.63) is 53.7 Å². The van der Waals surface area contributed by atoms with Gasteiger partial charge in [0.15, 0.2) is 0 Å². The predicted molar refractivity (Wildman–Crippen MR) is 80.4 cm³/mol. The highest BCUT2D eigenvalue weighted by molar-refractivity contribution is 5.09. The van der Waals surface area contributed by atoms with E-state index in [0.29, 0.717) is 0 Å². The molecule has 0 fully saturated rings. The van der Waals surface area contributed by atoms with Crippen molar-refractivity contribution >= 4 is 0 Å². The summed E-state index contributed by atoms with van der Waals surface area (Å²) in [6.07, 6.45) is 1.71. The Hall–Kier alpha value is -1.65. The van der Waals surface area contributed by atoms with Gasteiger partial charge in [-0.2, -0.15) is 0 Å². The summed E-state index contributed by atoms with van der Waals surface area (Å²) in [6, 6.07) is 10.3. The molecule has 0 aromatic carbocycles. The molecule has 1 unspecified atom stereocenters.